The highest BCUT2D eigenvalue weighted by Crippen LogP contribution is 2.26. The molecule has 1 amide bonds. The van der Waals surface area contributed by atoms with Gasteiger partial charge in [0, 0.05) is 17.7 Å². The van der Waals surface area contributed by atoms with Crippen molar-refractivity contribution in [3.63, 3.8) is 0 Å². The van der Waals surface area contributed by atoms with E-state index in [9.17, 15) is 19.8 Å². The molecule has 0 fully saturated rings. The highest BCUT2D eigenvalue weighted by atomic mass is 32.1. The van der Waals surface area contributed by atoms with Crippen molar-refractivity contribution in [2.75, 3.05) is 6.61 Å². The van der Waals surface area contributed by atoms with E-state index < -0.39 is 11.9 Å². The lowest BCUT2D eigenvalue weighted by Crippen LogP contribution is -2.16. The van der Waals surface area contributed by atoms with Crippen LogP contribution in [0, 0.1) is 12.3 Å². The van der Waals surface area contributed by atoms with Gasteiger partial charge < -0.3 is 19.5 Å². The van der Waals surface area contributed by atoms with Gasteiger partial charge in [0.1, 0.15) is 0 Å². The molecule has 0 aliphatic carbocycles. The lowest BCUT2D eigenvalue weighted by Gasteiger charge is -2.07. The Morgan fingerprint density at radius 1 is 1.06 bits per heavy atom. The van der Waals surface area contributed by atoms with Crippen molar-refractivity contribution in [2.45, 2.75) is 13.5 Å². The van der Waals surface area contributed by atoms with Crippen molar-refractivity contribution in [2.24, 2.45) is 4.99 Å². The molecule has 166 valence electrons. The molecule has 0 unspecified atom stereocenters. The van der Waals surface area contributed by atoms with Crippen LogP contribution in [0.4, 0.5) is 0 Å². The molecule has 0 spiro atoms. The van der Waals surface area contributed by atoms with E-state index in [2.05, 4.69) is 10.9 Å². The van der Waals surface area contributed by atoms with Gasteiger partial charge in [-0.2, -0.15) is 4.99 Å². The largest absolute Gasteiger partial charge is 0.494 e. The predicted octanol–water partition coefficient (Wildman–Crippen LogP) is 3.46. The second kappa shape index (κ2) is 9.06. The molecular weight excluding hydrogens is 442 g/mol. The van der Waals surface area contributed by atoms with Gasteiger partial charge in [-0.05, 0) is 49.4 Å². The first kappa shape index (κ1) is 21.9. The maximum absolute atomic E-state index is 12.8. The van der Waals surface area contributed by atoms with Crippen LogP contribution in [-0.2, 0) is 11.3 Å². The van der Waals surface area contributed by atoms with Crippen LogP contribution in [-0.4, -0.2) is 37.8 Å². The second-order valence-electron chi connectivity index (χ2n) is 6.93. The number of terminal acetylenes is 1. The first-order chi connectivity index (χ1) is 15.9. The van der Waals surface area contributed by atoms with Gasteiger partial charge >= 0.3 is 5.97 Å². The van der Waals surface area contributed by atoms with E-state index in [4.69, 9.17) is 11.2 Å². The summed E-state index contributed by atoms with van der Waals surface area (Å²) in [6.45, 7) is 2.22. The molecule has 2 aromatic heterocycles. The Bertz CT molecular complexity index is 1450. The Morgan fingerprint density at radius 3 is 2.36 bits per heavy atom. The van der Waals surface area contributed by atoms with E-state index in [0.717, 1.165) is 10.2 Å². The van der Waals surface area contributed by atoms with Gasteiger partial charge in [-0.15, -0.1) is 6.42 Å². The third-order valence-electron chi connectivity index (χ3n) is 4.85. The van der Waals surface area contributed by atoms with Gasteiger partial charge in [0.05, 0.1) is 34.6 Å². The quantitative estimate of drug-likeness (QED) is 0.350. The summed E-state index contributed by atoms with van der Waals surface area (Å²) in [4.78, 5) is 29.5. The SMILES string of the molecule is C#CCn1c(=NC(=O)c2ccc(-n3c(O)ccc3O)cc2)sc2cc(C(=O)OCC)ccc21. The van der Waals surface area contributed by atoms with E-state index in [1.54, 1.807) is 54.0 Å². The Balaban J connectivity index is 1.71. The minimum absolute atomic E-state index is 0.126. The number of benzene rings is 2. The second-order valence-corrected chi connectivity index (χ2v) is 7.94. The third kappa shape index (κ3) is 4.24. The number of rotatable bonds is 5. The van der Waals surface area contributed by atoms with Crippen LogP contribution in [0.15, 0.2) is 59.6 Å². The lowest BCUT2D eigenvalue weighted by molar-refractivity contribution is 0.0526. The first-order valence-corrected chi connectivity index (χ1v) is 10.8. The van der Waals surface area contributed by atoms with Gasteiger partial charge in [0.15, 0.2) is 16.6 Å². The Morgan fingerprint density at radius 2 is 1.73 bits per heavy atom. The minimum atomic E-state index is -0.481. The summed E-state index contributed by atoms with van der Waals surface area (Å²) < 4.78 is 8.77. The molecule has 4 aromatic rings. The summed E-state index contributed by atoms with van der Waals surface area (Å²) >= 11 is 1.24. The molecule has 9 heteroatoms. The third-order valence-corrected chi connectivity index (χ3v) is 5.89. The number of fused-ring (bicyclic) bond motifs is 1. The Kier molecular flexibility index (Phi) is 6.02. The molecule has 0 aliphatic heterocycles. The highest BCUT2D eigenvalue weighted by molar-refractivity contribution is 7.16. The number of amides is 1. The number of aromatic nitrogens is 2. The van der Waals surface area contributed by atoms with Gasteiger partial charge in [-0.25, -0.2) is 4.79 Å². The molecular formula is C24H19N3O5S. The average Bonchev–Trinajstić information content (AvgIpc) is 3.32. The normalized spacial score (nSPS) is 11.5. The molecule has 2 heterocycles. The molecule has 4 rings (SSSR count). The average molecular weight is 461 g/mol. The number of nitrogens with zero attached hydrogens (tertiary/aromatic N) is 3. The van der Waals surface area contributed by atoms with E-state index >= 15 is 0 Å². The van der Waals surface area contributed by atoms with Crippen molar-refractivity contribution in [1.82, 2.24) is 9.13 Å². The smallest absolute Gasteiger partial charge is 0.338 e. The van der Waals surface area contributed by atoms with Crippen LogP contribution in [0.25, 0.3) is 15.9 Å². The fourth-order valence-electron chi connectivity index (χ4n) is 3.33. The fourth-order valence-corrected chi connectivity index (χ4v) is 4.40. The number of hydrogen-bond acceptors (Lipinski definition) is 6. The predicted molar refractivity (Wildman–Crippen MR) is 124 cm³/mol. The zero-order valence-corrected chi connectivity index (χ0v) is 18.4. The molecule has 0 saturated heterocycles. The van der Waals surface area contributed by atoms with Gasteiger partial charge in [0.25, 0.3) is 5.91 Å². The van der Waals surface area contributed by atoms with Crippen LogP contribution in [0.1, 0.15) is 27.6 Å². The zero-order valence-electron chi connectivity index (χ0n) is 17.6. The summed E-state index contributed by atoms with van der Waals surface area (Å²) in [5.74, 6) is 1.41. The maximum Gasteiger partial charge on any atom is 0.338 e. The van der Waals surface area contributed by atoms with Gasteiger partial charge in [0.2, 0.25) is 0 Å². The maximum atomic E-state index is 12.8. The molecule has 8 nitrogen and oxygen atoms in total. The summed E-state index contributed by atoms with van der Waals surface area (Å²) in [5, 5.41) is 19.7. The van der Waals surface area contributed by atoms with Crippen molar-refractivity contribution in [3.8, 4) is 29.8 Å². The number of hydrogen-bond donors (Lipinski definition) is 2. The van der Waals surface area contributed by atoms with Crippen LogP contribution >= 0.6 is 11.3 Å². The highest BCUT2D eigenvalue weighted by Gasteiger charge is 2.14. The van der Waals surface area contributed by atoms with Gasteiger partial charge in [-0.3, -0.25) is 9.36 Å². The minimum Gasteiger partial charge on any atom is -0.494 e. The number of aromatic hydroxyl groups is 2. The standard InChI is InChI=1S/C24H19N3O5S/c1-3-13-26-18-10-7-16(23(31)32-4-2)14-19(18)33-24(26)25-22(30)15-5-8-17(9-6-15)27-20(28)11-12-21(27)29/h1,5-12,14,28-29H,4,13H2,2H3. The van der Waals surface area contributed by atoms with Crippen LogP contribution in [0.2, 0.25) is 0 Å². The van der Waals surface area contributed by atoms with Crippen molar-refractivity contribution in [3.05, 3.63) is 70.5 Å². The first-order valence-electron chi connectivity index (χ1n) is 9.96. The van der Waals surface area contributed by atoms with Crippen molar-refractivity contribution < 1.29 is 24.5 Å². The Labute approximate surface area is 192 Å². The van der Waals surface area contributed by atoms with Crippen LogP contribution in [0.5, 0.6) is 11.8 Å². The number of esters is 1. The summed E-state index contributed by atoms with van der Waals surface area (Å²) in [6.07, 6.45) is 5.52. The molecule has 2 N–H and O–H groups in total. The number of thiazole rings is 1. The molecule has 0 saturated carbocycles. The molecule has 0 atom stereocenters. The zero-order chi connectivity index (χ0) is 23.5. The van der Waals surface area contributed by atoms with E-state index in [1.807, 2.05) is 0 Å². The van der Waals surface area contributed by atoms with Crippen LogP contribution in [0.3, 0.4) is 0 Å². The fraction of sp³-hybridized carbons (Fsp3) is 0.125. The summed E-state index contributed by atoms with van der Waals surface area (Å²) in [5.41, 5.74) is 1.97. The Hall–Kier alpha value is -4.29. The van der Waals surface area contributed by atoms with Crippen molar-refractivity contribution >= 4 is 33.4 Å². The molecule has 33 heavy (non-hydrogen) atoms. The van der Waals surface area contributed by atoms with E-state index in [1.165, 1.54) is 28.0 Å². The van der Waals surface area contributed by atoms with Gasteiger partial charge in [-0.1, -0.05) is 17.3 Å². The van der Waals surface area contributed by atoms with E-state index in [-0.39, 0.29) is 24.9 Å². The topological polar surface area (TPSA) is 106 Å². The van der Waals surface area contributed by atoms with E-state index in [0.29, 0.717) is 21.6 Å². The number of carbonyl (C=O) groups excluding carboxylic acids is 2. The molecule has 0 aliphatic rings. The summed E-state index contributed by atoms with van der Waals surface area (Å²) in [7, 11) is 0. The number of ether oxygens (including phenoxy) is 1. The lowest BCUT2D eigenvalue weighted by atomic mass is 10.2. The number of carbonyl (C=O) groups is 2. The monoisotopic (exact) mass is 461 g/mol. The molecule has 0 radical (unpaired) electrons. The van der Waals surface area contributed by atoms with Crippen LogP contribution < -0.4 is 4.80 Å². The molecule has 0 bridgehead atoms. The molecule has 2 aromatic carbocycles. The van der Waals surface area contributed by atoms with Crippen molar-refractivity contribution in [1.29, 1.82) is 0 Å². The summed E-state index contributed by atoms with van der Waals surface area (Å²) in [6, 6.07) is 14.1.